The van der Waals surface area contributed by atoms with Gasteiger partial charge in [0.1, 0.15) is 6.54 Å². The van der Waals surface area contributed by atoms with E-state index in [9.17, 15) is 4.79 Å². The van der Waals surface area contributed by atoms with Gasteiger partial charge in [-0.15, -0.1) is 0 Å². The zero-order chi connectivity index (χ0) is 14.4. The van der Waals surface area contributed by atoms with Crippen molar-refractivity contribution in [2.45, 2.75) is 44.8 Å². The average molecular weight is 280 g/mol. The first kappa shape index (κ1) is 15.0. The van der Waals surface area contributed by atoms with E-state index in [0.717, 1.165) is 12.1 Å². The number of methoxy groups -OCH3 is 1. The standard InChI is InChI=1S/C14H24N4O2/c1-11-4-3-5-12(17-11)13-8-15-10-18(13)9-14(19)16-6-7-20-2/h8,10-12,17H,3-7,9H2,1-2H3,(H,16,19). The van der Waals surface area contributed by atoms with Gasteiger partial charge in [0.2, 0.25) is 5.91 Å². The number of rotatable bonds is 6. The molecule has 2 unspecified atom stereocenters. The van der Waals surface area contributed by atoms with E-state index >= 15 is 0 Å². The molecule has 0 saturated carbocycles. The van der Waals surface area contributed by atoms with E-state index in [1.807, 2.05) is 10.8 Å². The van der Waals surface area contributed by atoms with Crippen LogP contribution in [0.4, 0.5) is 0 Å². The molecule has 0 aromatic carbocycles. The first-order valence-electron chi connectivity index (χ1n) is 7.22. The van der Waals surface area contributed by atoms with Gasteiger partial charge in [0.25, 0.3) is 0 Å². The van der Waals surface area contributed by atoms with Gasteiger partial charge in [-0.3, -0.25) is 4.79 Å². The van der Waals surface area contributed by atoms with Crippen molar-refractivity contribution in [1.29, 1.82) is 0 Å². The van der Waals surface area contributed by atoms with Crippen molar-refractivity contribution in [3.63, 3.8) is 0 Å². The molecule has 1 aliphatic rings. The third kappa shape index (κ3) is 4.05. The van der Waals surface area contributed by atoms with Crippen molar-refractivity contribution in [2.24, 2.45) is 0 Å². The molecule has 2 heterocycles. The van der Waals surface area contributed by atoms with Gasteiger partial charge in [0.15, 0.2) is 0 Å². The molecule has 1 saturated heterocycles. The number of carbonyl (C=O) groups is 1. The fourth-order valence-electron chi connectivity index (χ4n) is 2.63. The molecule has 112 valence electrons. The van der Waals surface area contributed by atoms with Crippen molar-refractivity contribution >= 4 is 5.91 Å². The summed E-state index contributed by atoms with van der Waals surface area (Å²) in [6.45, 7) is 3.58. The number of carbonyl (C=O) groups excluding carboxylic acids is 1. The number of piperidine rings is 1. The van der Waals surface area contributed by atoms with Crippen LogP contribution < -0.4 is 10.6 Å². The summed E-state index contributed by atoms with van der Waals surface area (Å²) in [4.78, 5) is 16.0. The van der Waals surface area contributed by atoms with Crippen LogP contribution in [-0.2, 0) is 16.1 Å². The van der Waals surface area contributed by atoms with Gasteiger partial charge in [0, 0.05) is 31.9 Å². The van der Waals surface area contributed by atoms with Crippen LogP contribution in [0.15, 0.2) is 12.5 Å². The van der Waals surface area contributed by atoms with E-state index < -0.39 is 0 Å². The Kier molecular flexibility index (Phi) is 5.55. The summed E-state index contributed by atoms with van der Waals surface area (Å²) in [6.07, 6.45) is 7.11. The third-order valence-corrected chi connectivity index (χ3v) is 3.66. The molecule has 6 nitrogen and oxygen atoms in total. The molecule has 1 amide bonds. The van der Waals surface area contributed by atoms with Crippen LogP contribution in [-0.4, -0.2) is 41.8 Å². The molecule has 0 spiro atoms. The minimum absolute atomic E-state index is 0.00911. The van der Waals surface area contributed by atoms with Crippen LogP contribution in [0.1, 0.15) is 37.9 Å². The topological polar surface area (TPSA) is 68.2 Å². The van der Waals surface area contributed by atoms with Gasteiger partial charge in [-0.05, 0) is 26.2 Å². The molecule has 1 fully saturated rings. The number of hydrogen-bond donors (Lipinski definition) is 2. The second-order valence-electron chi connectivity index (χ2n) is 5.34. The average Bonchev–Trinajstić information content (AvgIpc) is 2.87. The maximum Gasteiger partial charge on any atom is 0.240 e. The molecular formula is C14H24N4O2. The number of nitrogens with zero attached hydrogens (tertiary/aromatic N) is 2. The second kappa shape index (κ2) is 7.40. The van der Waals surface area contributed by atoms with E-state index in [1.165, 1.54) is 12.8 Å². The van der Waals surface area contributed by atoms with Crippen molar-refractivity contribution < 1.29 is 9.53 Å². The monoisotopic (exact) mass is 280 g/mol. The molecule has 1 aromatic rings. The number of aromatic nitrogens is 2. The van der Waals surface area contributed by atoms with E-state index in [4.69, 9.17) is 4.74 Å². The van der Waals surface area contributed by atoms with Crippen molar-refractivity contribution in [2.75, 3.05) is 20.3 Å². The quantitative estimate of drug-likeness (QED) is 0.758. The summed E-state index contributed by atoms with van der Waals surface area (Å²) in [7, 11) is 1.62. The lowest BCUT2D eigenvalue weighted by Gasteiger charge is -2.29. The molecule has 2 atom stereocenters. The Morgan fingerprint density at radius 3 is 3.20 bits per heavy atom. The van der Waals surface area contributed by atoms with E-state index in [0.29, 0.717) is 31.8 Å². The largest absolute Gasteiger partial charge is 0.383 e. The Morgan fingerprint density at radius 1 is 1.60 bits per heavy atom. The van der Waals surface area contributed by atoms with Crippen molar-refractivity contribution in [3.8, 4) is 0 Å². The first-order chi connectivity index (χ1) is 9.70. The SMILES string of the molecule is COCCNC(=O)Cn1cncc1C1CCCC(C)N1. The van der Waals surface area contributed by atoms with Gasteiger partial charge in [-0.2, -0.15) is 0 Å². The highest BCUT2D eigenvalue weighted by atomic mass is 16.5. The third-order valence-electron chi connectivity index (χ3n) is 3.66. The smallest absolute Gasteiger partial charge is 0.240 e. The predicted octanol–water partition coefficient (Wildman–Crippen LogP) is 0.849. The number of ether oxygens (including phenoxy) is 1. The lowest BCUT2D eigenvalue weighted by atomic mass is 9.97. The van der Waals surface area contributed by atoms with E-state index in [1.54, 1.807) is 13.4 Å². The molecule has 0 aliphatic carbocycles. The summed E-state index contributed by atoms with van der Waals surface area (Å²) in [5.74, 6) is -0.00911. The summed E-state index contributed by atoms with van der Waals surface area (Å²) >= 11 is 0. The Labute approximate surface area is 119 Å². The second-order valence-corrected chi connectivity index (χ2v) is 5.34. The molecular weight excluding hydrogens is 256 g/mol. The predicted molar refractivity (Wildman–Crippen MR) is 76.3 cm³/mol. The molecule has 20 heavy (non-hydrogen) atoms. The fraction of sp³-hybridized carbons (Fsp3) is 0.714. The molecule has 2 N–H and O–H groups in total. The van der Waals surface area contributed by atoms with Gasteiger partial charge in [-0.25, -0.2) is 4.98 Å². The molecule has 2 rings (SSSR count). The normalized spacial score (nSPS) is 22.7. The molecule has 1 aromatic heterocycles. The van der Waals surface area contributed by atoms with Gasteiger partial charge < -0.3 is 19.9 Å². The highest BCUT2D eigenvalue weighted by Gasteiger charge is 2.22. The first-order valence-corrected chi connectivity index (χ1v) is 7.22. The summed E-state index contributed by atoms with van der Waals surface area (Å²) in [6, 6.07) is 0.820. The maximum absolute atomic E-state index is 11.8. The Hall–Kier alpha value is -1.40. The van der Waals surface area contributed by atoms with Crippen LogP contribution in [0.25, 0.3) is 0 Å². The molecule has 1 aliphatic heterocycles. The number of nitrogens with one attached hydrogen (secondary N) is 2. The zero-order valence-electron chi connectivity index (χ0n) is 12.3. The van der Waals surface area contributed by atoms with Crippen LogP contribution in [0.5, 0.6) is 0 Å². The summed E-state index contributed by atoms with van der Waals surface area (Å²) < 4.78 is 6.84. The van der Waals surface area contributed by atoms with E-state index in [-0.39, 0.29) is 5.91 Å². The lowest BCUT2D eigenvalue weighted by Crippen LogP contribution is -2.36. The molecule has 6 heteroatoms. The summed E-state index contributed by atoms with van der Waals surface area (Å²) in [5, 5.41) is 6.40. The fourth-order valence-corrected chi connectivity index (χ4v) is 2.63. The minimum Gasteiger partial charge on any atom is -0.383 e. The van der Waals surface area contributed by atoms with Crippen molar-refractivity contribution in [1.82, 2.24) is 20.2 Å². The van der Waals surface area contributed by atoms with Gasteiger partial charge in [-0.1, -0.05) is 0 Å². The number of amides is 1. The molecule has 0 bridgehead atoms. The molecule has 0 radical (unpaired) electrons. The van der Waals surface area contributed by atoms with Crippen LogP contribution in [0, 0.1) is 0 Å². The Bertz CT molecular complexity index is 433. The lowest BCUT2D eigenvalue weighted by molar-refractivity contribution is -0.121. The minimum atomic E-state index is -0.00911. The van der Waals surface area contributed by atoms with E-state index in [2.05, 4.69) is 22.5 Å². The zero-order valence-corrected chi connectivity index (χ0v) is 12.3. The maximum atomic E-state index is 11.8. The van der Waals surface area contributed by atoms with Gasteiger partial charge in [0.05, 0.1) is 18.6 Å². The summed E-state index contributed by atoms with van der Waals surface area (Å²) in [5.41, 5.74) is 1.10. The number of imidazole rings is 1. The Morgan fingerprint density at radius 2 is 2.45 bits per heavy atom. The highest BCUT2D eigenvalue weighted by molar-refractivity contribution is 5.75. The van der Waals surface area contributed by atoms with Crippen LogP contribution in [0.3, 0.4) is 0 Å². The van der Waals surface area contributed by atoms with Crippen LogP contribution in [0.2, 0.25) is 0 Å². The van der Waals surface area contributed by atoms with Crippen LogP contribution >= 0.6 is 0 Å². The Balaban J connectivity index is 1.92. The van der Waals surface area contributed by atoms with Gasteiger partial charge >= 0.3 is 0 Å². The highest BCUT2D eigenvalue weighted by Crippen LogP contribution is 2.25. The number of hydrogen-bond acceptors (Lipinski definition) is 4. The van der Waals surface area contributed by atoms with Crippen molar-refractivity contribution in [3.05, 3.63) is 18.2 Å².